The molecule has 0 aliphatic carbocycles. The molecule has 2 aromatic rings. The zero-order valence-corrected chi connectivity index (χ0v) is 15.1. The minimum absolute atomic E-state index is 0.225. The van der Waals surface area contributed by atoms with Crippen LogP contribution in [-0.4, -0.2) is 22.4 Å². The van der Waals surface area contributed by atoms with Crippen molar-refractivity contribution in [2.24, 2.45) is 5.92 Å². The lowest BCUT2D eigenvalue weighted by molar-refractivity contribution is 0.102. The molecule has 1 heterocycles. The molecule has 0 aliphatic rings. The van der Waals surface area contributed by atoms with Crippen molar-refractivity contribution in [2.45, 2.75) is 41.0 Å². The fourth-order valence-electron chi connectivity index (χ4n) is 2.48. The molecule has 2 rings (SSSR count). The van der Waals surface area contributed by atoms with Crippen LogP contribution in [0.3, 0.4) is 0 Å². The number of aromatic nitrogens is 2. The highest BCUT2D eigenvalue weighted by molar-refractivity contribution is 6.03. The highest BCUT2D eigenvalue weighted by Gasteiger charge is 2.11. The number of hydrogen-bond acceptors (Lipinski definition) is 4. The Hall–Kier alpha value is -2.43. The topological polar surface area (TPSA) is 66.9 Å². The molecule has 0 saturated heterocycles. The van der Waals surface area contributed by atoms with E-state index in [0.29, 0.717) is 17.6 Å². The largest absolute Gasteiger partial charge is 0.354 e. The van der Waals surface area contributed by atoms with Gasteiger partial charge >= 0.3 is 0 Å². The maximum atomic E-state index is 12.5. The fraction of sp³-hybridized carbons (Fsp3) is 0.421. The highest BCUT2D eigenvalue weighted by Crippen LogP contribution is 2.15. The summed E-state index contributed by atoms with van der Waals surface area (Å²) >= 11 is 0. The molecule has 0 atom stereocenters. The normalized spacial score (nSPS) is 10.8. The van der Waals surface area contributed by atoms with E-state index in [0.717, 1.165) is 35.5 Å². The van der Waals surface area contributed by atoms with Gasteiger partial charge in [0.05, 0.1) is 0 Å². The zero-order valence-electron chi connectivity index (χ0n) is 15.1. The molecule has 5 nitrogen and oxygen atoms in total. The van der Waals surface area contributed by atoms with E-state index < -0.39 is 0 Å². The van der Waals surface area contributed by atoms with Crippen LogP contribution in [0.5, 0.6) is 0 Å². The van der Waals surface area contributed by atoms with Gasteiger partial charge in [-0.15, -0.1) is 0 Å². The van der Waals surface area contributed by atoms with Crippen molar-refractivity contribution in [3.8, 4) is 0 Å². The molecular formula is C19H26N4O. The summed E-state index contributed by atoms with van der Waals surface area (Å²) in [6.45, 7) is 11.0. The van der Waals surface area contributed by atoms with Crippen molar-refractivity contribution < 1.29 is 4.79 Å². The molecule has 1 aromatic carbocycles. The zero-order chi connectivity index (χ0) is 17.7. The van der Waals surface area contributed by atoms with Crippen molar-refractivity contribution in [1.82, 2.24) is 9.97 Å². The van der Waals surface area contributed by atoms with Crippen molar-refractivity contribution in [3.63, 3.8) is 0 Å². The van der Waals surface area contributed by atoms with Crippen LogP contribution >= 0.6 is 0 Å². The lowest BCUT2D eigenvalue weighted by Gasteiger charge is -2.10. The van der Waals surface area contributed by atoms with Gasteiger partial charge in [-0.05, 0) is 62.4 Å². The Morgan fingerprint density at radius 1 is 1.04 bits per heavy atom. The first-order chi connectivity index (χ1) is 11.3. The van der Waals surface area contributed by atoms with Gasteiger partial charge in [0, 0.05) is 17.9 Å². The minimum Gasteiger partial charge on any atom is -0.354 e. The van der Waals surface area contributed by atoms with Gasteiger partial charge in [0.25, 0.3) is 5.91 Å². The monoisotopic (exact) mass is 326 g/mol. The van der Waals surface area contributed by atoms with E-state index in [-0.39, 0.29) is 5.91 Å². The van der Waals surface area contributed by atoms with E-state index in [9.17, 15) is 4.79 Å². The first kappa shape index (κ1) is 17.9. The number of rotatable bonds is 6. The number of anilines is 2. The fourth-order valence-corrected chi connectivity index (χ4v) is 2.48. The molecule has 5 heteroatoms. The summed E-state index contributed by atoms with van der Waals surface area (Å²) in [7, 11) is 0. The molecule has 2 N–H and O–H groups in total. The number of nitrogens with one attached hydrogen (secondary N) is 2. The van der Waals surface area contributed by atoms with Gasteiger partial charge in [-0.1, -0.05) is 19.9 Å². The third kappa shape index (κ3) is 5.33. The maximum Gasteiger partial charge on any atom is 0.274 e. The van der Waals surface area contributed by atoms with E-state index >= 15 is 0 Å². The molecule has 0 fully saturated rings. The SMILES string of the molecule is Cc1cc(C)cc(NC(=O)c2cc(C)nc(NCCC(C)C)n2)c1. The summed E-state index contributed by atoms with van der Waals surface area (Å²) in [5.74, 6) is 0.883. The van der Waals surface area contributed by atoms with Gasteiger partial charge < -0.3 is 10.6 Å². The van der Waals surface area contributed by atoms with Crippen LogP contribution in [-0.2, 0) is 0 Å². The summed E-state index contributed by atoms with van der Waals surface area (Å²) < 4.78 is 0. The Kier molecular flexibility index (Phi) is 5.90. The Bertz CT molecular complexity index is 705. The average molecular weight is 326 g/mol. The lowest BCUT2D eigenvalue weighted by atomic mass is 10.1. The van der Waals surface area contributed by atoms with Crippen molar-refractivity contribution in [2.75, 3.05) is 17.2 Å². The molecule has 0 bridgehead atoms. The van der Waals surface area contributed by atoms with Crippen LogP contribution in [0.2, 0.25) is 0 Å². The lowest BCUT2D eigenvalue weighted by Crippen LogP contribution is -2.17. The van der Waals surface area contributed by atoms with Crippen LogP contribution in [0.1, 0.15) is 47.6 Å². The Labute approximate surface area is 143 Å². The summed E-state index contributed by atoms with van der Waals surface area (Å²) in [6.07, 6.45) is 1.03. The molecule has 0 saturated carbocycles. The Balaban J connectivity index is 2.12. The smallest absolute Gasteiger partial charge is 0.274 e. The van der Waals surface area contributed by atoms with Crippen molar-refractivity contribution in [1.29, 1.82) is 0 Å². The van der Waals surface area contributed by atoms with Gasteiger partial charge in [0.2, 0.25) is 5.95 Å². The van der Waals surface area contributed by atoms with Crippen LogP contribution < -0.4 is 10.6 Å². The first-order valence-corrected chi connectivity index (χ1v) is 8.32. The third-order valence-electron chi connectivity index (χ3n) is 3.57. The second-order valence-corrected chi connectivity index (χ2v) is 6.66. The summed E-state index contributed by atoms with van der Waals surface area (Å²) in [5.41, 5.74) is 4.14. The Morgan fingerprint density at radius 3 is 2.33 bits per heavy atom. The molecular weight excluding hydrogens is 300 g/mol. The van der Waals surface area contributed by atoms with Crippen LogP contribution in [0.25, 0.3) is 0 Å². The Morgan fingerprint density at radius 2 is 1.71 bits per heavy atom. The predicted molar refractivity (Wildman–Crippen MR) is 98.6 cm³/mol. The number of aryl methyl sites for hydroxylation is 3. The number of carbonyl (C=O) groups is 1. The molecule has 0 radical (unpaired) electrons. The summed E-state index contributed by atoms with van der Waals surface area (Å²) in [4.78, 5) is 21.2. The molecule has 24 heavy (non-hydrogen) atoms. The first-order valence-electron chi connectivity index (χ1n) is 8.32. The number of hydrogen-bond donors (Lipinski definition) is 2. The third-order valence-corrected chi connectivity index (χ3v) is 3.57. The molecule has 0 unspecified atom stereocenters. The second kappa shape index (κ2) is 7.90. The van der Waals surface area contributed by atoms with Crippen molar-refractivity contribution >= 4 is 17.5 Å². The number of carbonyl (C=O) groups excluding carboxylic acids is 1. The van der Waals surface area contributed by atoms with E-state index in [2.05, 4.69) is 40.5 Å². The van der Waals surface area contributed by atoms with Crippen molar-refractivity contribution in [3.05, 3.63) is 46.8 Å². The van der Waals surface area contributed by atoms with E-state index in [1.807, 2.05) is 32.9 Å². The summed E-state index contributed by atoms with van der Waals surface area (Å²) in [6, 6.07) is 7.66. The minimum atomic E-state index is -0.225. The highest BCUT2D eigenvalue weighted by atomic mass is 16.1. The predicted octanol–water partition coefficient (Wildman–Crippen LogP) is 4.11. The van der Waals surface area contributed by atoms with E-state index in [4.69, 9.17) is 0 Å². The molecule has 1 aromatic heterocycles. The number of nitrogens with zero attached hydrogens (tertiary/aromatic N) is 2. The average Bonchev–Trinajstić information content (AvgIpc) is 2.45. The molecule has 0 aliphatic heterocycles. The van der Waals surface area contributed by atoms with Crippen LogP contribution in [0.4, 0.5) is 11.6 Å². The van der Waals surface area contributed by atoms with E-state index in [1.54, 1.807) is 6.07 Å². The van der Waals surface area contributed by atoms with Gasteiger partial charge in [-0.2, -0.15) is 0 Å². The van der Waals surface area contributed by atoms with Crippen LogP contribution in [0.15, 0.2) is 24.3 Å². The standard InChI is InChI=1S/C19H26N4O/c1-12(2)6-7-20-19-21-15(5)11-17(23-19)18(24)22-16-9-13(3)8-14(4)10-16/h8-12H,6-7H2,1-5H3,(H,22,24)(H,20,21,23). The number of benzene rings is 1. The van der Waals surface area contributed by atoms with Gasteiger partial charge in [-0.3, -0.25) is 4.79 Å². The summed E-state index contributed by atoms with van der Waals surface area (Å²) in [5, 5.41) is 6.10. The van der Waals surface area contributed by atoms with Gasteiger partial charge in [0.1, 0.15) is 5.69 Å². The quantitative estimate of drug-likeness (QED) is 0.838. The van der Waals surface area contributed by atoms with Gasteiger partial charge in [0.15, 0.2) is 0 Å². The second-order valence-electron chi connectivity index (χ2n) is 6.66. The van der Waals surface area contributed by atoms with Crippen LogP contribution in [0, 0.1) is 26.7 Å². The molecule has 0 spiro atoms. The number of amides is 1. The van der Waals surface area contributed by atoms with Gasteiger partial charge in [-0.25, -0.2) is 9.97 Å². The van der Waals surface area contributed by atoms with E-state index in [1.165, 1.54) is 0 Å². The molecule has 128 valence electrons. The molecule has 1 amide bonds. The maximum absolute atomic E-state index is 12.5.